The molecule has 0 saturated heterocycles. The summed E-state index contributed by atoms with van der Waals surface area (Å²) in [6.45, 7) is 8.01. The van der Waals surface area contributed by atoms with Gasteiger partial charge in [-0.25, -0.2) is 0 Å². The summed E-state index contributed by atoms with van der Waals surface area (Å²) in [7, 11) is 0. The topological polar surface area (TPSA) is 26.0 Å². The number of thiol groups is 1. The summed E-state index contributed by atoms with van der Waals surface area (Å²) in [5.41, 5.74) is 2.86. The summed E-state index contributed by atoms with van der Waals surface area (Å²) in [4.78, 5) is 0. The zero-order valence-corrected chi connectivity index (χ0v) is 22.7. The zero-order valence-electron chi connectivity index (χ0n) is 21.8. The second-order valence-corrected chi connectivity index (χ2v) is 12.7. The highest BCUT2D eigenvalue weighted by Gasteiger charge is 2.60. The van der Waals surface area contributed by atoms with Crippen molar-refractivity contribution in [2.45, 2.75) is 111 Å². The summed E-state index contributed by atoms with van der Waals surface area (Å²) >= 11 is 3.03. The van der Waals surface area contributed by atoms with Crippen LogP contribution >= 0.6 is 12.8 Å². The normalized spacial score (nSPS) is 41.8. The van der Waals surface area contributed by atoms with Crippen LogP contribution in [0.5, 0.6) is 0 Å². The molecular formula is C31H51NS. The molecule has 4 fully saturated rings. The number of nitrogens with two attached hydrogens (primary N) is 1. The van der Waals surface area contributed by atoms with Crippen LogP contribution in [0.2, 0.25) is 0 Å². The summed E-state index contributed by atoms with van der Waals surface area (Å²) in [6.07, 6.45) is 20.9. The van der Waals surface area contributed by atoms with Gasteiger partial charge >= 0.3 is 0 Å². The molecule has 1 aromatic rings. The monoisotopic (exact) mass is 469 g/mol. The highest BCUT2D eigenvalue weighted by atomic mass is 32.1. The van der Waals surface area contributed by atoms with Gasteiger partial charge in [-0.1, -0.05) is 76.8 Å². The van der Waals surface area contributed by atoms with E-state index < -0.39 is 0 Å². The Morgan fingerprint density at radius 3 is 2.36 bits per heavy atom. The molecule has 8 atom stereocenters. The number of aryl methyl sites for hydroxylation is 1. The molecule has 0 radical (unpaired) electrons. The molecule has 0 aromatic heterocycles. The molecule has 0 amide bonds. The molecule has 4 aliphatic carbocycles. The largest absolute Gasteiger partial charge is 0.281 e. The van der Waals surface area contributed by atoms with E-state index in [-0.39, 0.29) is 0 Å². The Labute approximate surface area is 210 Å². The number of rotatable bonds is 6. The van der Waals surface area contributed by atoms with Crippen molar-refractivity contribution in [1.82, 2.24) is 0 Å². The lowest BCUT2D eigenvalue weighted by atomic mass is 9.42. The maximum absolute atomic E-state index is 4.19. The fourth-order valence-electron chi connectivity index (χ4n) is 9.97. The van der Waals surface area contributed by atoms with Gasteiger partial charge in [0.15, 0.2) is 0 Å². The minimum atomic E-state index is 0.657. The van der Waals surface area contributed by atoms with Crippen LogP contribution in [0.15, 0.2) is 30.3 Å². The summed E-state index contributed by atoms with van der Waals surface area (Å²) in [6, 6.07) is 11.1. The molecule has 2 heteroatoms. The maximum Gasteiger partial charge on any atom is -0.0264 e. The SMILES string of the molecule is CC[C@H]1CC2C3CCC(CCCCc4ccccc4)C3(C)CC[C@@H]2C2(C)CCCCC12.NS. The minimum Gasteiger partial charge on any atom is -0.281 e. The average molecular weight is 470 g/mol. The number of hydrogen-bond donors (Lipinski definition) is 2. The van der Waals surface area contributed by atoms with E-state index in [4.69, 9.17) is 0 Å². The van der Waals surface area contributed by atoms with Crippen LogP contribution in [-0.2, 0) is 6.42 Å². The molecule has 4 aliphatic rings. The predicted molar refractivity (Wildman–Crippen MR) is 146 cm³/mol. The first kappa shape index (κ1) is 25.6. The van der Waals surface area contributed by atoms with Crippen LogP contribution < -0.4 is 5.14 Å². The first-order chi connectivity index (χ1) is 16.1. The first-order valence-corrected chi connectivity index (χ1v) is 14.9. The van der Waals surface area contributed by atoms with E-state index in [1.807, 2.05) is 0 Å². The lowest BCUT2D eigenvalue weighted by molar-refractivity contribution is -0.135. The summed E-state index contributed by atoms with van der Waals surface area (Å²) in [5.74, 6) is 6.23. The molecule has 0 bridgehead atoms. The van der Waals surface area contributed by atoms with Crippen LogP contribution in [0.1, 0.15) is 110 Å². The average Bonchev–Trinajstić information content (AvgIpc) is 3.19. The van der Waals surface area contributed by atoms with Crippen LogP contribution in [0.3, 0.4) is 0 Å². The third kappa shape index (κ3) is 4.82. The van der Waals surface area contributed by atoms with E-state index in [9.17, 15) is 0 Å². The maximum atomic E-state index is 4.19. The van der Waals surface area contributed by atoms with Crippen LogP contribution in [0, 0.1) is 46.3 Å². The molecule has 2 N–H and O–H groups in total. The van der Waals surface area contributed by atoms with E-state index in [0.29, 0.717) is 10.8 Å². The molecule has 4 saturated carbocycles. The third-order valence-electron chi connectivity index (χ3n) is 11.6. The summed E-state index contributed by atoms with van der Waals surface area (Å²) < 4.78 is 0. The molecule has 0 aliphatic heterocycles. The Morgan fingerprint density at radius 1 is 0.848 bits per heavy atom. The number of hydrogen-bond acceptors (Lipinski definition) is 2. The van der Waals surface area contributed by atoms with Crippen molar-refractivity contribution >= 4 is 12.8 Å². The number of unbranched alkanes of at least 4 members (excludes halogenated alkanes) is 1. The number of benzene rings is 1. The third-order valence-corrected chi connectivity index (χ3v) is 11.6. The van der Waals surface area contributed by atoms with Crippen LogP contribution in [0.4, 0.5) is 0 Å². The van der Waals surface area contributed by atoms with Gasteiger partial charge in [0.25, 0.3) is 0 Å². The quantitative estimate of drug-likeness (QED) is 0.316. The Bertz CT molecular complexity index is 734. The first-order valence-electron chi connectivity index (χ1n) is 14.4. The Kier molecular flexibility index (Phi) is 8.59. The van der Waals surface area contributed by atoms with Gasteiger partial charge in [0, 0.05) is 0 Å². The molecule has 6 unspecified atom stereocenters. The van der Waals surface area contributed by atoms with E-state index in [1.165, 1.54) is 56.9 Å². The van der Waals surface area contributed by atoms with Gasteiger partial charge in [0.2, 0.25) is 0 Å². The van der Waals surface area contributed by atoms with Gasteiger partial charge in [-0.2, -0.15) is 0 Å². The van der Waals surface area contributed by atoms with Crippen molar-refractivity contribution < 1.29 is 0 Å². The van der Waals surface area contributed by atoms with Crippen molar-refractivity contribution in [3.63, 3.8) is 0 Å². The van der Waals surface area contributed by atoms with Crippen molar-refractivity contribution in [3.05, 3.63) is 35.9 Å². The number of fused-ring (bicyclic) bond motifs is 5. The van der Waals surface area contributed by atoms with Crippen molar-refractivity contribution in [2.75, 3.05) is 0 Å². The van der Waals surface area contributed by atoms with Gasteiger partial charge in [-0.15, -0.1) is 12.8 Å². The van der Waals surface area contributed by atoms with Gasteiger partial charge in [-0.3, -0.25) is 5.14 Å². The molecule has 186 valence electrons. The van der Waals surface area contributed by atoms with Crippen molar-refractivity contribution in [2.24, 2.45) is 51.5 Å². The van der Waals surface area contributed by atoms with Gasteiger partial charge in [-0.05, 0) is 116 Å². The predicted octanol–water partition coefficient (Wildman–Crippen LogP) is 8.87. The van der Waals surface area contributed by atoms with Crippen molar-refractivity contribution in [3.8, 4) is 0 Å². The molecule has 33 heavy (non-hydrogen) atoms. The minimum absolute atomic E-state index is 0.657. The lowest BCUT2D eigenvalue weighted by Gasteiger charge is -2.62. The summed E-state index contributed by atoms with van der Waals surface area (Å²) in [5, 5.41) is 4.19. The standard InChI is InChI=1S/C31H48.H3NS/c1-4-24-22-26-28-18-17-25(15-9-8-14-23-12-6-5-7-13-23)30(28,2)21-19-29(26)31(3)20-11-10-16-27(24)31;1-2/h5-7,12-13,24-29H,4,8-11,14-22H2,1-3H3;2H,1H2/t24-,25?,26?,27?,28?,29-,30?,31?;/m0./s1. The van der Waals surface area contributed by atoms with Gasteiger partial charge in [0.05, 0.1) is 0 Å². The molecule has 1 nitrogen and oxygen atoms in total. The van der Waals surface area contributed by atoms with Crippen LogP contribution in [-0.4, -0.2) is 0 Å². The fraction of sp³-hybridized carbons (Fsp3) is 0.806. The molecule has 1 aromatic carbocycles. The molecule has 5 rings (SSSR count). The second kappa shape index (κ2) is 11.1. The zero-order chi connectivity index (χ0) is 23.5. The fourth-order valence-corrected chi connectivity index (χ4v) is 9.97. The Morgan fingerprint density at radius 2 is 1.61 bits per heavy atom. The van der Waals surface area contributed by atoms with E-state index in [2.05, 4.69) is 69.1 Å². The smallest absolute Gasteiger partial charge is 0.0264 e. The lowest BCUT2D eigenvalue weighted by Crippen LogP contribution is -2.55. The highest BCUT2D eigenvalue weighted by molar-refractivity contribution is 7.77. The van der Waals surface area contributed by atoms with Crippen LogP contribution in [0.25, 0.3) is 0 Å². The molecule has 0 spiro atoms. The molecule has 0 heterocycles. The van der Waals surface area contributed by atoms with E-state index >= 15 is 0 Å². The van der Waals surface area contributed by atoms with E-state index in [0.717, 1.165) is 35.5 Å². The molecular weight excluding hydrogens is 418 g/mol. The van der Waals surface area contributed by atoms with E-state index in [1.54, 1.807) is 38.5 Å². The highest BCUT2D eigenvalue weighted by Crippen LogP contribution is 2.69. The van der Waals surface area contributed by atoms with Gasteiger partial charge < -0.3 is 0 Å². The van der Waals surface area contributed by atoms with Crippen molar-refractivity contribution in [1.29, 1.82) is 0 Å². The van der Waals surface area contributed by atoms with Gasteiger partial charge in [0.1, 0.15) is 0 Å². The Balaban J connectivity index is 0.00000126. The second-order valence-electron chi connectivity index (χ2n) is 12.7. The Hall–Kier alpha value is -0.470.